The minimum absolute atomic E-state index is 0.00832. The van der Waals surface area contributed by atoms with Crippen molar-refractivity contribution in [2.45, 2.75) is 77.3 Å². The molecule has 8 nitrogen and oxygen atoms in total. The van der Waals surface area contributed by atoms with E-state index in [0.29, 0.717) is 25.2 Å². The van der Waals surface area contributed by atoms with Gasteiger partial charge in [0.2, 0.25) is 5.91 Å². The minimum Gasteiger partial charge on any atom is -0.453 e. The summed E-state index contributed by atoms with van der Waals surface area (Å²) in [5.41, 5.74) is 6.21. The molecule has 1 aromatic carbocycles. The zero-order chi connectivity index (χ0) is 26.9. The van der Waals surface area contributed by atoms with Crippen LogP contribution in [0.2, 0.25) is 0 Å². The third-order valence-electron chi connectivity index (χ3n) is 5.90. The molecule has 1 rings (SSSR count). The van der Waals surface area contributed by atoms with Crippen LogP contribution in [0, 0.1) is 0 Å². The van der Waals surface area contributed by atoms with Crippen LogP contribution >= 0.6 is 0 Å². The van der Waals surface area contributed by atoms with E-state index >= 15 is 0 Å². The van der Waals surface area contributed by atoms with Crippen molar-refractivity contribution >= 4 is 17.8 Å². The van der Waals surface area contributed by atoms with Gasteiger partial charge >= 0.3 is 6.09 Å². The second kappa shape index (κ2) is 17.2. The highest BCUT2D eigenvalue weighted by Gasteiger charge is 2.29. The molecule has 2 amide bonds. The fourth-order valence-electron chi connectivity index (χ4n) is 3.29. The number of benzene rings is 1. The van der Waals surface area contributed by atoms with Crippen LogP contribution in [0.5, 0.6) is 0 Å². The lowest BCUT2D eigenvalue weighted by molar-refractivity contribution is -0.124. The SMILES string of the molecule is C=CCC[C@H](NC(=O)OC)C(=O)N[C@@H](C)CCCNC(=C)N.CC[C@](C)(C(C)=O)c1ccccc1. The molecule has 8 heteroatoms. The van der Waals surface area contributed by atoms with Gasteiger partial charge in [0.05, 0.1) is 18.3 Å². The van der Waals surface area contributed by atoms with E-state index in [-0.39, 0.29) is 23.1 Å². The summed E-state index contributed by atoms with van der Waals surface area (Å²) < 4.78 is 4.53. The van der Waals surface area contributed by atoms with Crippen molar-refractivity contribution < 1.29 is 19.1 Å². The van der Waals surface area contributed by atoms with E-state index in [1.54, 1.807) is 13.0 Å². The van der Waals surface area contributed by atoms with Crippen LogP contribution in [0.3, 0.4) is 0 Å². The van der Waals surface area contributed by atoms with Crippen LogP contribution < -0.4 is 21.7 Å². The van der Waals surface area contributed by atoms with Gasteiger partial charge in [0.1, 0.15) is 11.8 Å². The van der Waals surface area contributed by atoms with E-state index in [4.69, 9.17) is 5.73 Å². The first kappa shape index (κ1) is 31.7. The lowest BCUT2D eigenvalue weighted by Crippen LogP contribution is -2.49. The number of allylic oxidation sites excluding steroid dienone is 1. The van der Waals surface area contributed by atoms with E-state index in [1.165, 1.54) is 7.11 Å². The van der Waals surface area contributed by atoms with Gasteiger partial charge in [-0.25, -0.2) is 4.79 Å². The normalized spacial score (nSPS) is 13.5. The fourth-order valence-corrected chi connectivity index (χ4v) is 3.29. The Morgan fingerprint density at radius 1 is 1.17 bits per heavy atom. The van der Waals surface area contributed by atoms with E-state index in [2.05, 4.69) is 40.8 Å². The maximum atomic E-state index is 12.2. The van der Waals surface area contributed by atoms with Gasteiger partial charge in [-0.1, -0.05) is 49.9 Å². The molecule has 3 atom stereocenters. The van der Waals surface area contributed by atoms with E-state index < -0.39 is 12.1 Å². The van der Waals surface area contributed by atoms with Crippen LogP contribution in [-0.4, -0.2) is 43.5 Å². The Hall–Kier alpha value is -3.29. The summed E-state index contributed by atoms with van der Waals surface area (Å²) in [6, 6.07) is 9.33. The first-order chi connectivity index (χ1) is 16.5. The molecule has 0 aliphatic heterocycles. The highest BCUT2D eigenvalue weighted by Crippen LogP contribution is 2.27. The lowest BCUT2D eigenvalue weighted by atomic mass is 9.77. The Labute approximate surface area is 210 Å². The first-order valence-corrected chi connectivity index (χ1v) is 12.0. The van der Waals surface area contributed by atoms with Crippen molar-refractivity contribution in [3.8, 4) is 0 Å². The van der Waals surface area contributed by atoms with E-state index in [1.807, 2.05) is 44.2 Å². The fraction of sp³-hybridized carbons (Fsp3) is 0.519. The smallest absolute Gasteiger partial charge is 0.407 e. The number of hydrogen-bond donors (Lipinski definition) is 4. The maximum Gasteiger partial charge on any atom is 0.407 e. The zero-order valence-corrected chi connectivity index (χ0v) is 22.0. The number of methoxy groups -OCH3 is 1. The quantitative estimate of drug-likeness (QED) is 0.232. The number of Topliss-reactive ketones (excluding diaryl/α,β-unsaturated/α-hetero) is 1. The number of rotatable bonds is 14. The average molecular weight is 489 g/mol. The van der Waals surface area contributed by atoms with Gasteiger partial charge in [-0.15, -0.1) is 6.58 Å². The Kier molecular flexibility index (Phi) is 15.6. The number of ether oxygens (including phenoxy) is 1. The molecule has 1 aromatic rings. The number of hydrogen-bond acceptors (Lipinski definition) is 6. The molecule has 0 unspecified atom stereocenters. The lowest BCUT2D eigenvalue weighted by Gasteiger charge is -2.25. The van der Waals surface area contributed by atoms with Gasteiger partial charge in [0.15, 0.2) is 0 Å². The highest BCUT2D eigenvalue weighted by atomic mass is 16.5. The molecule has 0 radical (unpaired) electrons. The Morgan fingerprint density at radius 3 is 2.29 bits per heavy atom. The monoisotopic (exact) mass is 488 g/mol. The first-order valence-electron chi connectivity index (χ1n) is 12.0. The summed E-state index contributed by atoms with van der Waals surface area (Å²) in [4.78, 5) is 35.0. The van der Waals surface area contributed by atoms with Crippen molar-refractivity contribution in [2.24, 2.45) is 5.73 Å². The summed E-state index contributed by atoms with van der Waals surface area (Å²) in [5.74, 6) is 0.445. The number of nitrogens with one attached hydrogen (secondary N) is 3. The Morgan fingerprint density at radius 2 is 1.80 bits per heavy atom. The molecule has 0 saturated heterocycles. The van der Waals surface area contributed by atoms with Crippen LogP contribution in [0.25, 0.3) is 0 Å². The summed E-state index contributed by atoms with van der Waals surface area (Å²) in [5, 5.41) is 8.33. The molecule has 0 heterocycles. The highest BCUT2D eigenvalue weighted by molar-refractivity contribution is 5.87. The van der Waals surface area contributed by atoms with Gasteiger partial charge in [0.25, 0.3) is 0 Å². The third-order valence-corrected chi connectivity index (χ3v) is 5.90. The average Bonchev–Trinajstić information content (AvgIpc) is 2.84. The minimum atomic E-state index is -0.630. The predicted octanol–water partition coefficient (Wildman–Crippen LogP) is 3.92. The number of carbonyl (C=O) groups is 3. The summed E-state index contributed by atoms with van der Waals surface area (Å²) >= 11 is 0. The van der Waals surface area contributed by atoms with Gasteiger partial charge in [-0.05, 0) is 58.4 Å². The van der Waals surface area contributed by atoms with Crippen molar-refractivity contribution in [1.29, 1.82) is 0 Å². The standard InChI is InChI=1S/C15H28N4O3.C12H16O/c1-5-6-9-13(19-15(21)22-4)14(20)18-11(2)8-7-10-17-12(3)16;1-4-12(3,10(2)13)11-8-6-5-7-9-11/h5,11,13,17H,1,3,6-10,16H2,2,4H3,(H,18,20)(H,19,21);5-9H,4H2,1-3H3/t11-,13-;12-/m01/s1. The van der Waals surface area contributed by atoms with Gasteiger partial charge in [-0.2, -0.15) is 0 Å². The van der Waals surface area contributed by atoms with E-state index in [9.17, 15) is 14.4 Å². The molecule has 0 aliphatic carbocycles. The van der Waals surface area contributed by atoms with Gasteiger partial charge in [0, 0.05) is 12.6 Å². The summed E-state index contributed by atoms with van der Waals surface area (Å²) in [7, 11) is 1.26. The molecule has 0 bridgehead atoms. The van der Waals surface area contributed by atoms with Crippen molar-refractivity contribution in [3.05, 3.63) is 61.0 Å². The van der Waals surface area contributed by atoms with Crippen LogP contribution in [0.4, 0.5) is 4.79 Å². The summed E-state index contributed by atoms with van der Waals surface area (Å²) in [6.07, 6.45) is 4.67. The number of alkyl carbamates (subject to hydrolysis) is 1. The second-order valence-electron chi connectivity index (χ2n) is 8.67. The summed E-state index contributed by atoms with van der Waals surface area (Å²) in [6.45, 7) is 15.5. The molecule has 0 fully saturated rings. The van der Waals surface area contributed by atoms with Crippen LogP contribution in [0.1, 0.15) is 65.4 Å². The van der Waals surface area contributed by atoms with Crippen molar-refractivity contribution in [3.63, 3.8) is 0 Å². The molecule has 0 aromatic heterocycles. The number of amides is 2. The van der Waals surface area contributed by atoms with Gasteiger partial charge in [-0.3, -0.25) is 9.59 Å². The molecule has 5 N–H and O–H groups in total. The largest absolute Gasteiger partial charge is 0.453 e. The molecule has 0 spiro atoms. The molecule has 0 aliphatic rings. The van der Waals surface area contributed by atoms with E-state index in [0.717, 1.165) is 24.8 Å². The predicted molar refractivity (Wildman–Crippen MR) is 142 cm³/mol. The van der Waals surface area contributed by atoms with Crippen molar-refractivity contribution in [1.82, 2.24) is 16.0 Å². The van der Waals surface area contributed by atoms with Gasteiger partial charge < -0.3 is 26.4 Å². The second-order valence-corrected chi connectivity index (χ2v) is 8.67. The maximum absolute atomic E-state index is 12.2. The number of carbonyl (C=O) groups excluding carboxylic acids is 3. The van der Waals surface area contributed by atoms with Crippen molar-refractivity contribution in [2.75, 3.05) is 13.7 Å². The number of nitrogens with two attached hydrogens (primary N) is 1. The molecular formula is C27H44N4O4. The topological polar surface area (TPSA) is 123 Å². The molecule has 35 heavy (non-hydrogen) atoms. The number of ketones is 1. The zero-order valence-electron chi connectivity index (χ0n) is 22.0. The molecular weight excluding hydrogens is 444 g/mol. The van der Waals surface area contributed by atoms with Crippen LogP contribution in [-0.2, 0) is 19.7 Å². The Bertz CT molecular complexity index is 813. The Balaban J connectivity index is 0.000000750. The van der Waals surface area contributed by atoms with Crippen LogP contribution in [0.15, 0.2) is 55.4 Å². The molecule has 0 saturated carbocycles. The molecule has 196 valence electrons. The third kappa shape index (κ3) is 12.7.